The summed E-state index contributed by atoms with van der Waals surface area (Å²) in [5, 5.41) is 2.64. The van der Waals surface area contributed by atoms with Gasteiger partial charge < -0.3 is 10.1 Å². The number of carbonyl (C=O) groups excluding carboxylic acids is 2. The topological polar surface area (TPSA) is 55.4 Å². The number of nitrogens with one attached hydrogen (secondary N) is 1. The first kappa shape index (κ1) is 17.9. The molecule has 0 saturated carbocycles. The van der Waals surface area contributed by atoms with Gasteiger partial charge in [0.15, 0.2) is 6.61 Å². The molecule has 0 unspecified atom stereocenters. The molecule has 4 nitrogen and oxygen atoms in total. The second-order valence-corrected chi connectivity index (χ2v) is 5.35. The molecule has 1 amide bonds. The molecule has 0 fully saturated rings. The average molecular weight is 354 g/mol. The van der Waals surface area contributed by atoms with Gasteiger partial charge in [-0.15, -0.1) is 0 Å². The third-order valence-corrected chi connectivity index (χ3v) is 3.50. The van der Waals surface area contributed by atoms with Gasteiger partial charge in [-0.3, -0.25) is 9.59 Å². The molecule has 0 radical (unpaired) electrons. The molecular formula is C17H14ClF2NO3. The fourth-order valence-electron chi connectivity index (χ4n) is 1.90. The van der Waals surface area contributed by atoms with Gasteiger partial charge in [0, 0.05) is 17.1 Å². The maximum atomic E-state index is 13.5. The number of halogens is 3. The summed E-state index contributed by atoms with van der Waals surface area (Å²) in [5.41, 5.74) is 0.727. The van der Waals surface area contributed by atoms with E-state index in [1.54, 1.807) is 0 Å². The smallest absolute Gasteiger partial charge is 0.310 e. The Balaban J connectivity index is 1.77. The van der Waals surface area contributed by atoms with Crippen LogP contribution in [0.15, 0.2) is 42.5 Å². The maximum Gasteiger partial charge on any atom is 0.310 e. The molecule has 0 aromatic heterocycles. The number of esters is 1. The highest BCUT2D eigenvalue weighted by molar-refractivity contribution is 6.31. The molecule has 0 heterocycles. The number of rotatable bonds is 6. The largest absolute Gasteiger partial charge is 0.455 e. The van der Waals surface area contributed by atoms with Crippen LogP contribution in [-0.4, -0.2) is 18.5 Å². The number of hydrogen-bond acceptors (Lipinski definition) is 3. The van der Waals surface area contributed by atoms with E-state index in [2.05, 4.69) is 5.32 Å². The summed E-state index contributed by atoms with van der Waals surface area (Å²) in [6, 6.07) is 9.69. The van der Waals surface area contributed by atoms with Crippen LogP contribution in [0, 0.1) is 11.6 Å². The molecule has 0 aliphatic rings. The Morgan fingerprint density at radius 1 is 1.08 bits per heavy atom. The highest BCUT2D eigenvalue weighted by Gasteiger charge is 2.14. The van der Waals surface area contributed by atoms with Crippen LogP contribution in [0.5, 0.6) is 0 Å². The number of amides is 1. The standard InChI is InChI=1S/C17H14ClF2NO3/c18-14-2-1-3-15(20)13(14)8-17(23)24-10-16(22)21-9-11-4-6-12(19)7-5-11/h1-7H,8-10H2,(H,21,22). The van der Waals surface area contributed by atoms with E-state index in [0.717, 1.165) is 0 Å². The van der Waals surface area contributed by atoms with Gasteiger partial charge in [-0.25, -0.2) is 8.78 Å². The van der Waals surface area contributed by atoms with E-state index in [4.69, 9.17) is 16.3 Å². The summed E-state index contributed by atoms with van der Waals surface area (Å²) in [4.78, 5) is 23.3. The van der Waals surface area contributed by atoms with Crippen molar-refractivity contribution in [1.82, 2.24) is 5.32 Å². The van der Waals surface area contributed by atoms with Crippen molar-refractivity contribution in [2.45, 2.75) is 13.0 Å². The van der Waals surface area contributed by atoms with Crippen molar-refractivity contribution in [3.8, 4) is 0 Å². The van der Waals surface area contributed by atoms with Crippen LogP contribution in [-0.2, 0) is 27.3 Å². The van der Waals surface area contributed by atoms with E-state index in [-0.39, 0.29) is 29.4 Å². The molecule has 1 N–H and O–H groups in total. The molecule has 0 bridgehead atoms. The van der Waals surface area contributed by atoms with Crippen molar-refractivity contribution in [1.29, 1.82) is 0 Å². The molecule has 0 spiro atoms. The fourth-order valence-corrected chi connectivity index (χ4v) is 2.13. The highest BCUT2D eigenvalue weighted by Crippen LogP contribution is 2.19. The fraction of sp³-hybridized carbons (Fsp3) is 0.176. The van der Waals surface area contributed by atoms with Gasteiger partial charge in [0.25, 0.3) is 5.91 Å². The average Bonchev–Trinajstić information content (AvgIpc) is 2.56. The van der Waals surface area contributed by atoms with E-state index in [9.17, 15) is 18.4 Å². The lowest BCUT2D eigenvalue weighted by Crippen LogP contribution is -2.28. The molecule has 2 aromatic rings. The highest BCUT2D eigenvalue weighted by atomic mass is 35.5. The zero-order chi connectivity index (χ0) is 17.5. The van der Waals surface area contributed by atoms with Crippen molar-refractivity contribution in [2.24, 2.45) is 0 Å². The summed E-state index contributed by atoms with van der Waals surface area (Å²) in [7, 11) is 0. The van der Waals surface area contributed by atoms with Crippen LogP contribution >= 0.6 is 11.6 Å². The van der Waals surface area contributed by atoms with Gasteiger partial charge in [0.1, 0.15) is 11.6 Å². The van der Waals surface area contributed by atoms with Crippen LogP contribution < -0.4 is 5.32 Å². The summed E-state index contributed by atoms with van der Waals surface area (Å²) in [5.74, 6) is -2.27. The summed E-state index contributed by atoms with van der Waals surface area (Å²) in [6.07, 6.45) is -0.364. The molecule has 7 heteroatoms. The minimum absolute atomic E-state index is 0.0240. The second-order valence-electron chi connectivity index (χ2n) is 4.94. The summed E-state index contributed by atoms with van der Waals surface area (Å²) >= 11 is 5.81. The predicted octanol–water partition coefficient (Wildman–Crippen LogP) is 3.02. The Morgan fingerprint density at radius 3 is 2.46 bits per heavy atom. The predicted molar refractivity (Wildman–Crippen MR) is 84.3 cm³/mol. The molecule has 0 saturated heterocycles. The Labute approximate surface area is 142 Å². The van der Waals surface area contributed by atoms with Gasteiger partial charge >= 0.3 is 5.97 Å². The molecule has 0 aliphatic carbocycles. The molecule has 0 aliphatic heterocycles. The minimum Gasteiger partial charge on any atom is -0.455 e. The zero-order valence-corrected chi connectivity index (χ0v) is 13.3. The van der Waals surface area contributed by atoms with Crippen LogP contribution in [0.2, 0.25) is 5.02 Å². The van der Waals surface area contributed by atoms with E-state index in [1.807, 2.05) is 0 Å². The molecule has 2 aromatic carbocycles. The molecule has 0 atom stereocenters. The number of ether oxygens (including phenoxy) is 1. The van der Waals surface area contributed by atoms with Crippen molar-refractivity contribution >= 4 is 23.5 Å². The van der Waals surface area contributed by atoms with Crippen LogP contribution in [0.25, 0.3) is 0 Å². The van der Waals surface area contributed by atoms with E-state index in [1.165, 1.54) is 42.5 Å². The molecule has 2 rings (SSSR count). The lowest BCUT2D eigenvalue weighted by Gasteiger charge is -2.08. The Kier molecular flexibility index (Phi) is 6.26. The van der Waals surface area contributed by atoms with Crippen LogP contribution in [0.4, 0.5) is 8.78 Å². The van der Waals surface area contributed by atoms with Crippen molar-refractivity contribution < 1.29 is 23.1 Å². The first-order valence-corrected chi connectivity index (χ1v) is 7.43. The number of hydrogen-bond donors (Lipinski definition) is 1. The maximum absolute atomic E-state index is 13.5. The lowest BCUT2D eigenvalue weighted by molar-refractivity contribution is -0.147. The summed E-state index contributed by atoms with van der Waals surface area (Å²) < 4.78 is 31.1. The van der Waals surface area contributed by atoms with Crippen LogP contribution in [0.1, 0.15) is 11.1 Å². The summed E-state index contributed by atoms with van der Waals surface area (Å²) in [6.45, 7) is -0.318. The molecule has 24 heavy (non-hydrogen) atoms. The van der Waals surface area contributed by atoms with Crippen molar-refractivity contribution in [3.05, 3.63) is 70.2 Å². The van der Waals surface area contributed by atoms with Gasteiger partial charge in [-0.05, 0) is 29.8 Å². The van der Waals surface area contributed by atoms with Crippen molar-refractivity contribution in [3.63, 3.8) is 0 Å². The normalized spacial score (nSPS) is 10.3. The minimum atomic E-state index is -0.765. The second kappa shape index (κ2) is 8.40. The Bertz CT molecular complexity index is 715. The van der Waals surface area contributed by atoms with Crippen molar-refractivity contribution in [2.75, 3.05) is 6.61 Å². The van der Waals surface area contributed by atoms with Gasteiger partial charge in [0.2, 0.25) is 0 Å². The number of carbonyl (C=O) groups is 2. The first-order chi connectivity index (χ1) is 11.5. The number of benzene rings is 2. The molecular weight excluding hydrogens is 340 g/mol. The van der Waals surface area contributed by atoms with Gasteiger partial charge in [0.05, 0.1) is 6.42 Å². The lowest BCUT2D eigenvalue weighted by atomic mass is 10.1. The first-order valence-electron chi connectivity index (χ1n) is 7.05. The van der Waals surface area contributed by atoms with E-state index >= 15 is 0 Å². The third kappa shape index (κ3) is 5.31. The van der Waals surface area contributed by atoms with Crippen LogP contribution in [0.3, 0.4) is 0 Å². The monoisotopic (exact) mass is 353 g/mol. The van der Waals surface area contributed by atoms with Gasteiger partial charge in [-0.1, -0.05) is 29.8 Å². The third-order valence-electron chi connectivity index (χ3n) is 3.15. The zero-order valence-electron chi connectivity index (χ0n) is 12.5. The Morgan fingerprint density at radius 2 is 1.79 bits per heavy atom. The van der Waals surface area contributed by atoms with Gasteiger partial charge in [-0.2, -0.15) is 0 Å². The Hall–Kier alpha value is -2.47. The quantitative estimate of drug-likeness (QED) is 0.812. The van der Waals surface area contributed by atoms with E-state index in [0.29, 0.717) is 5.56 Å². The SMILES string of the molecule is O=C(COC(=O)Cc1c(F)cccc1Cl)NCc1ccc(F)cc1. The van der Waals surface area contributed by atoms with E-state index < -0.39 is 24.3 Å². The molecule has 126 valence electrons.